The average molecular weight is 306 g/mol. The minimum atomic E-state index is -0.192. The molecule has 0 aliphatic carbocycles. The molecule has 5 nitrogen and oxygen atoms in total. The number of ether oxygens (including phenoxy) is 1. The Morgan fingerprint density at radius 2 is 1.68 bits per heavy atom. The number of hydrogen-bond acceptors (Lipinski definition) is 3. The molecule has 122 valence electrons. The molecule has 0 saturated heterocycles. The Balaban J connectivity index is 2.28. The molecule has 0 spiro atoms. The molecule has 0 aliphatic rings. The summed E-state index contributed by atoms with van der Waals surface area (Å²) < 4.78 is 4.57. The van der Waals surface area contributed by atoms with Gasteiger partial charge in [-0.15, -0.1) is 0 Å². The first-order chi connectivity index (χ1) is 10.4. The van der Waals surface area contributed by atoms with Crippen molar-refractivity contribution in [1.29, 1.82) is 0 Å². The van der Waals surface area contributed by atoms with Crippen LogP contribution in [-0.2, 0) is 9.53 Å². The molecule has 0 unspecified atom stereocenters. The Labute approximate surface area is 132 Å². The van der Waals surface area contributed by atoms with Crippen LogP contribution in [0.4, 0.5) is 10.5 Å². The van der Waals surface area contributed by atoms with E-state index in [9.17, 15) is 9.59 Å². The lowest BCUT2D eigenvalue weighted by molar-refractivity contribution is -0.140. The van der Waals surface area contributed by atoms with Gasteiger partial charge in [0.05, 0.1) is 7.11 Å². The van der Waals surface area contributed by atoms with Crippen LogP contribution in [0.5, 0.6) is 0 Å². The van der Waals surface area contributed by atoms with E-state index in [0.717, 1.165) is 36.1 Å². The van der Waals surface area contributed by atoms with E-state index in [1.807, 2.05) is 20.8 Å². The molecule has 22 heavy (non-hydrogen) atoms. The lowest BCUT2D eigenvalue weighted by Crippen LogP contribution is -2.30. The first-order valence-electron chi connectivity index (χ1n) is 7.63. The summed E-state index contributed by atoms with van der Waals surface area (Å²) in [5.41, 5.74) is 4.18. The number of esters is 1. The van der Waals surface area contributed by atoms with Gasteiger partial charge in [0, 0.05) is 18.7 Å². The van der Waals surface area contributed by atoms with Gasteiger partial charge in [0.2, 0.25) is 0 Å². The fourth-order valence-corrected chi connectivity index (χ4v) is 2.41. The zero-order chi connectivity index (χ0) is 16.5. The maximum Gasteiger partial charge on any atom is 0.319 e. The van der Waals surface area contributed by atoms with Crippen LogP contribution < -0.4 is 10.6 Å². The Morgan fingerprint density at radius 3 is 2.27 bits per heavy atom. The molecule has 5 heteroatoms. The minimum absolute atomic E-state index is 0.184. The molecule has 0 atom stereocenters. The first kappa shape index (κ1) is 18.0. The fourth-order valence-electron chi connectivity index (χ4n) is 2.41. The first-order valence-corrected chi connectivity index (χ1v) is 7.63. The third-order valence-electron chi connectivity index (χ3n) is 3.49. The highest BCUT2D eigenvalue weighted by atomic mass is 16.5. The van der Waals surface area contributed by atoms with Gasteiger partial charge in [-0.2, -0.15) is 0 Å². The molecular formula is C17H26N2O3. The van der Waals surface area contributed by atoms with Crippen molar-refractivity contribution in [1.82, 2.24) is 5.32 Å². The van der Waals surface area contributed by atoms with Crippen LogP contribution in [-0.4, -0.2) is 25.7 Å². The third kappa shape index (κ3) is 6.16. The Kier molecular flexibility index (Phi) is 7.43. The topological polar surface area (TPSA) is 67.4 Å². The predicted molar refractivity (Wildman–Crippen MR) is 88.2 cm³/mol. The number of aryl methyl sites for hydroxylation is 3. The summed E-state index contributed by atoms with van der Waals surface area (Å²) in [6, 6.07) is 3.91. The van der Waals surface area contributed by atoms with E-state index in [4.69, 9.17) is 0 Å². The standard InChI is InChI=1S/C17H26N2O3/c1-12-10-13(2)16(14(3)11-12)19-17(21)18-9-7-5-6-8-15(20)22-4/h10-11H,5-9H2,1-4H3,(H2,18,19,21). The van der Waals surface area contributed by atoms with Gasteiger partial charge in [0.25, 0.3) is 0 Å². The van der Waals surface area contributed by atoms with E-state index in [0.29, 0.717) is 13.0 Å². The van der Waals surface area contributed by atoms with Gasteiger partial charge in [-0.25, -0.2) is 4.79 Å². The smallest absolute Gasteiger partial charge is 0.319 e. The van der Waals surface area contributed by atoms with Crippen molar-refractivity contribution < 1.29 is 14.3 Å². The molecule has 0 aliphatic heterocycles. The van der Waals surface area contributed by atoms with Crippen LogP contribution in [0, 0.1) is 20.8 Å². The molecule has 0 aromatic heterocycles. The van der Waals surface area contributed by atoms with Gasteiger partial charge in [0.1, 0.15) is 0 Å². The molecular weight excluding hydrogens is 280 g/mol. The Bertz CT molecular complexity index is 504. The predicted octanol–water partition coefficient (Wildman–Crippen LogP) is 3.47. The van der Waals surface area contributed by atoms with Crippen LogP contribution >= 0.6 is 0 Å². The maximum atomic E-state index is 11.9. The van der Waals surface area contributed by atoms with Crippen molar-refractivity contribution in [2.75, 3.05) is 19.0 Å². The number of urea groups is 1. The zero-order valence-corrected chi connectivity index (χ0v) is 13.9. The molecule has 1 aromatic carbocycles. The second kappa shape index (κ2) is 9.07. The van der Waals surface area contributed by atoms with E-state index in [1.165, 1.54) is 12.7 Å². The van der Waals surface area contributed by atoms with Gasteiger partial charge in [-0.1, -0.05) is 24.1 Å². The van der Waals surface area contributed by atoms with Crippen molar-refractivity contribution in [3.05, 3.63) is 28.8 Å². The largest absolute Gasteiger partial charge is 0.469 e. The molecule has 0 heterocycles. The number of hydrogen-bond donors (Lipinski definition) is 2. The highest BCUT2D eigenvalue weighted by Gasteiger charge is 2.07. The second-order valence-electron chi connectivity index (χ2n) is 5.54. The van der Waals surface area contributed by atoms with Crippen molar-refractivity contribution in [2.45, 2.75) is 46.5 Å². The number of rotatable bonds is 7. The van der Waals surface area contributed by atoms with Crippen LogP contribution in [0.15, 0.2) is 12.1 Å². The van der Waals surface area contributed by atoms with Crippen molar-refractivity contribution in [2.24, 2.45) is 0 Å². The van der Waals surface area contributed by atoms with Crippen molar-refractivity contribution >= 4 is 17.7 Å². The van der Waals surface area contributed by atoms with Crippen molar-refractivity contribution in [3.8, 4) is 0 Å². The lowest BCUT2D eigenvalue weighted by Gasteiger charge is -2.13. The number of amides is 2. The number of nitrogens with one attached hydrogen (secondary N) is 2. The maximum absolute atomic E-state index is 11.9. The molecule has 0 saturated carbocycles. The van der Waals surface area contributed by atoms with Gasteiger partial charge in [-0.3, -0.25) is 4.79 Å². The van der Waals surface area contributed by atoms with Crippen molar-refractivity contribution in [3.63, 3.8) is 0 Å². The fraction of sp³-hybridized carbons (Fsp3) is 0.529. The second-order valence-corrected chi connectivity index (χ2v) is 5.54. The quantitative estimate of drug-likeness (QED) is 0.599. The molecule has 0 radical (unpaired) electrons. The van der Waals surface area contributed by atoms with Crippen LogP contribution in [0.25, 0.3) is 0 Å². The minimum Gasteiger partial charge on any atom is -0.469 e. The summed E-state index contributed by atoms with van der Waals surface area (Å²) >= 11 is 0. The SMILES string of the molecule is COC(=O)CCCCCNC(=O)Nc1c(C)cc(C)cc1C. The summed E-state index contributed by atoms with van der Waals surface area (Å²) in [4.78, 5) is 22.8. The summed E-state index contributed by atoms with van der Waals surface area (Å²) in [5, 5.41) is 5.74. The van der Waals surface area contributed by atoms with Crippen LogP contribution in [0.3, 0.4) is 0 Å². The number of unbranched alkanes of at least 4 members (excludes halogenated alkanes) is 2. The van der Waals surface area contributed by atoms with E-state index in [2.05, 4.69) is 27.5 Å². The van der Waals surface area contributed by atoms with Gasteiger partial charge < -0.3 is 15.4 Å². The third-order valence-corrected chi connectivity index (χ3v) is 3.49. The highest BCUT2D eigenvalue weighted by molar-refractivity contribution is 5.91. The normalized spacial score (nSPS) is 10.2. The van der Waals surface area contributed by atoms with Gasteiger partial charge >= 0.3 is 12.0 Å². The van der Waals surface area contributed by atoms with Gasteiger partial charge in [-0.05, 0) is 44.7 Å². The summed E-state index contributed by atoms with van der Waals surface area (Å²) in [6.45, 7) is 6.61. The number of methoxy groups -OCH3 is 1. The Hall–Kier alpha value is -2.04. The van der Waals surface area contributed by atoms with E-state index in [-0.39, 0.29) is 12.0 Å². The van der Waals surface area contributed by atoms with Gasteiger partial charge in [0.15, 0.2) is 0 Å². The highest BCUT2D eigenvalue weighted by Crippen LogP contribution is 2.21. The summed E-state index contributed by atoms with van der Waals surface area (Å²) in [5.74, 6) is -0.184. The van der Waals surface area contributed by atoms with Crippen LogP contribution in [0.1, 0.15) is 42.4 Å². The molecule has 1 aromatic rings. The average Bonchev–Trinajstić information content (AvgIpc) is 2.46. The number of carbonyl (C=O) groups excluding carboxylic acids is 2. The molecule has 1 rings (SSSR count). The summed E-state index contributed by atoms with van der Waals surface area (Å²) in [7, 11) is 1.39. The monoisotopic (exact) mass is 306 g/mol. The van der Waals surface area contributed by atoms with E-state index < -0.39 is 0 Å². The molecule has 2 N–H and O–H groups in total. The van der Waals surface area contributed by atoms with Crippen LogP contribution in [0.2, 0.25) is 0 Å². The Morgan fingerprint density at radius 1 is 1.05 bits per heavy atom. The zero-order valence-electron chi connectivity index (χ0n) is 13.9. The van der Waals surface area contributed by atoms with E-state index >= 15 is 0 Å². The number of anilines is 1. The number of carbonyl (C=O) groups is 2. The lowest BCUT2D eigenvalue weighted by atomic mass is 10.1. The number of benzene rings is 1. The molecule has 0 bridgehead atoms. The molecule has 2 amide bonds. The van der Waals surface area contributed by atoms with E-state index in [1.54, 1.807) is 0 Å². The summed E-state index contributed by atoms with van der Waals surface area (Å²) in [6.07, 6.45) is 2.95. The molecule has 0 fully saturated rings.